The fourth-order valence-corrected chi connectivity index (χ4v) is 2.60. The summed E-state index contributed by atoms with van der Waals surface area (Å²) in [6.45, 7) is 8.59. The van der Waals surface area contributed by atoms with E-state index in [0.29, 0.717) is 6.54 Å². The van der Waals surface area contributed by atoms with Crippen LogP contribution in [0.4, 0.5) is 8.78 Å². The molecule has 2 rings (SSSR count). The second-order valence-corrected chi connectivity index (χ2v) is 6.78. The first-order valence-electron chi connectivity index (χ1n) is 7.62. The highest BCUT2D eigenvalue weighted by molar-refractivity contribution is 5.31. The third-order valence-corrected chi connectivity index (χ3v) is 3.92. The zero-order valence-electron chi connectivity index (χ0n) is 13.1. The number of hydrogen-bond donors (Lipinski definition) is 0. The Morgan fingerprint density at radius 3 is 2.48 bits per heavy atom. The molecular weight excluding hydrogens is 272 g/mol. The molecule has 0 bridgehead atoms. The van der Waals surface area contributed by atoms with E-state index < -0.39 is 6.43 Å². The third-order valence-electron chi connectivity index (χ3n) is 3.92. The molecule has 0 spiro atoms. The maximum absolute atomic E-state index is 12.2. The minimum Gasteiger partial charge on any atom is -0.489 e. The largest absolute Gasteiger partial charge is 0.489 e. The Morgan fingerprint density at radius 1 is 1.24 bits per heavy atom. The van der Waals surface area contributed by atoms with Crippen molar-refractivity contribution in [1.29, 1.82) is 0 Å². The van der Waals surface area contributed by atoms with E-state index >= 15 is 0 Å². The van der Waals surface area contributed by atoms with Crippen LogP contribution in [-0.2, 0) is 5.41 Å². The molecule has 4 heteroatoms. The van der Waals surface area contributed by atoms with Crippen LogP contribution in [0, 0.1) is 0 Å². The Hall–Kier alpha value is -1.16. The van der Waals surface area contributed by atoms with Gasteiger partial charge in [-0.2, -0.15) is 0 Å². The topological polar surface area (TPSA) is 12.5 Å². The molecule has 118 valence electrons. The highest BCUT2D eigenvalue weighted by Crippen LogP contribution is 2.25. The molecule has 1 unspecified atom stereocenters. The van der Waals surface area contributed by atoms with Gasteiger partial charge in [0.15, 0.2) is 0 Å². The van der Waals surface area contributed by atoms with Crippen molar-refractivity contribution < 1.29 is 13.5 Å². The lowest BCUT2D eigenvalue weighted by Gasteiger charge is -2.20. The highest BCUT2D eigenvalue weighted by atomic mass is 19.3. The monoisotopic (exact) mass is 297 g/mol. The summed E-state index contributed by atoms with van der Waals surface area (Å²) in [6.07, 6.45) is -1.24. The van der Waals surface area contributed by atoms with E-state index in [-0.39, 0.29) is 17.9 Å². The number of nitrogens with zero attached hydrogens (tertiary/aromatic N) is 1. The molecule has 1 aromatic carbocycles. The minimum atomic E-state index is -2.21. The fraction of sp³-hybridized carbons (Fsp3) is 0.647. The number of rotatable bonds is 5. The first-order chi connectivity index (χ1) is 9.84. The van der Waals surface area contributed by atoms with Crippen molar-refractivity contribution in [2.24, 2.45) is 0 Å². The summed E-state index contributed by atoms with van der Waals surface area (Å²) in [5, 5.41) is 0. The Bertz CT molecular complexity index is 439. The molecule has 0 aliphatic carbocycles. The van der Waals surface area contributed by atoms with Crippen LogP contribution in [0.2, 0.25) is 0 Å². The molecule has 1 aliphatic heterocycles. The Morgan fingerprint density at radius 2 is 1.90 bits per heavy atom. The van der Waals surface area contributed by atoms with Gasteiger partial charge in [-0.1, -0.05) is 32.9 Å². The van der Waals surface area contributed by atoms with Crippen molar-refractivity contribution >= 4 is 0 Å². The van der Waals surface area contributed by atoms with E-state index in [1.807, 2.05) is 12.1 Å². The smallest absolute Gasteiger partial charge is 0.239 e. The van der Waals surface area contributed by atoms with Gasteiger partial charge in [0.25, 0.3) is 0 Å². The summed E-state index contributed by atoms with van der Waals surface area (Å²) in [5.74, 6) is 0.865. The van der Waals surface area contributed by atoms with Gasteiger partial charge in [0, 0.05) is 26.1 Å². The zero-order valence-corrected chi connectivity index (χ0v) is 13.1. The summed E-state index contributed by atoms with van der Waals surface area (Å²) < 4.78 is 30.4. The van der Waals surface area contributed by atoms with Crippen LogP contribution in [0.5, 0.6) is 5.75 Å². The van der Waals surface area contributed by atoms with Crippen molar-refractivity contribution in [2.45, 2.75) is 51.6 Å². The maximum atomic E-state index is 12.2. The van der Waals surface area contributed by atoms with Gasteiger partial charge in [-0.15, -0.1) is 0 Å². The van der Waals surface area contributed by atoms with Crippen molar-refractivity contribution in [2.75, 3.05) is 19.6 Å². The maximum Gasteiger partial charge on any atom is 0.239 e. The Labute approximate surface area is 126 Å². The van der Waals surface area contributed by atoms with Crippen LogP contribution in [0.15, 0.2) is 24.3 Å². The predicted molar refractivity (Wildman–Crippen MR) is 81.2 cm³/mol. The molecule has 1 aromatic rings. The molecule has 1 aliphatic rings. The van der Waals surface area contributed by atoms with Crippen molar-refractivity contribution in [3.8, 4) is 5.75 Å². The number of halogens is 2. The van der Waals surface area contributed by atoms with Crippen LogP contribution in [0.25, 0.3) is 0 Å². The summed E-state index contributed by atoms with van der Waals surface area (Å²) >= 11 is 0. The first kappa shape index (κ1) is 16.2. The van der Waals surface area contributed by atoms with Gasteiger partial charge in [-0.05, 0) is 29.5 Å². The lowest BCUT2D eigenvalue weighted by molar-refractivity contribution is 0.117. The molecular formula is C17H25F2NO. The molecule has 0 amide bonds. The van der Waals surface area contributed by atoms with E-state index in [1.165, 1.54) is 5.56 Å². The van der Waals surface area contributed by atoms with Gasteiger partial charge in [-0.3, -0.25) is 4.90 Å². The van der Waals surface area contributed by atoms with Crippen molar-refractivity contribution in [3.05, 3.63) is 29.8 Å². The molecule has 21 heavy (non-hydrogen) atoms. The molecule has 0 aromatic heterocycles. The average molecular weight is 297 g/mol. The normalized spacial score (nSPS) is 20.2. The summed E-state index contributed by atoms with van der Waals surface area (Å²) in [4.78, 5) is 2.06. The zero-order chi connectivity index (χ0) is 15.5. The van der Waals surface area contributed by atoms with Gasteiger partial charge < -0.3 is 4.74 Å². The summed E-state index contributed by atoms with van der Waals surface area (Å²) in [5.41, 5.74) is 1.41. The lowest BCUT2D eigenvalue weighted by Crippen LogP contribution is -2.26. The number of alkyl halides is 2. The molecule has 1 heterocycles. The average Bonchev–Trinajstić information content (AvgIpc) is 2.83. The molecule has 1 atom stereocenters. The van der Waals surface area contributed by atoms with Crippen LogP contribution in [-0.4, -0.2) is 37.1 Å². The lowest BCUT2D eigenvalue weighted by atomic mass is 9.87. The molecule has 0 N–H and O–H groups in total. The number of likely N-dealkylation sites (tertiary alicyclic amines) is 1. The van der Waals surface area contributed by atoms with Crippen LogP contribution >= 0.6 is 0 Å². The van der Waals surface area contributed by atoms with E-state index in [0.717, 1.165) is 25.3 Å². The number of hydrogen-bond acceptors (Lipinski definition) is 2. The van der Waals surface area contributed by atoms with Crippen LogP contribution in [0.1, 0.15) is 39.2 Å². The third kappa shape index (κ3) is 4.95. The van der Waals surface area contributed by atoms with Crippen LogP contribution in [0.3, 0.4) is 0 Å². The van der Waals surface area contributed by atoms with E-state index in [2.05, 4.69) is 37.8 Å². The number of benzene rings is 1. The van der Waals surface area contributed by atoms with E-state index in [9.17, 15) is 8.78 Å². The Balaban J connectivity index is 1.83. The standard InChI is InChI=1S/C17H25F2NO/c1-17(2,3)13-4-6-14(7-5-13)21-15-8-10-20(12-15)11-9-16(18)19/h4-7,15-16H,8-12H2,1-3H3. The molecule has 2 nitrogen and oxygen atoms in total. The van der Waals surface area contributed by atoms with E-state index in [1.54, 1.807) is 0 Å². The molecule has 0 radical (unpaired) electrons. The summed E-state index contributed by atoms with van der Waals surface area (Å²) in [6, 6.07) is 8.20. The minimum absolute atomic E-state index is 0.0486. The van der Waals surface area contributed by atoms with Crippen molar-refractivity contribution in [3.63, 3.8) is 0 Å². The van der Waals surface area contributed by atoms with Gasteiger partial charge >= 0.3 is 0 Å². The summed E-state index contributed by atoms with van der Waals surface area (Å²) in [7, 11) is 0. The van der Waals surface area contributed by atoms with Gasteiger partial charge in [0.1, 0.15) is 11.9 Å². The van der Waals surface area contributed by atoms with Gasteiger partial charge in [0.05, 0.1) is 0 Å². The Kier molecular flexibility index (Phi) is 5.20. The second-order valence-electron chi connectivity index (χ2n) is 6.78. The van der Waals surface area contributed by atoms with E-state index in [4.69, 9.17) is 4.74 Å². The molecule has 1 fully saturated rings. The second kappa shape index (κ2) is 6.73. The fourth-order valence-electron chi connectivity index (χ4n) is 2.60. The highest BCUT2D eigenvalue weighted by Gasteiger charge is 2.24. The first-order valence-corrected chi connectivity index (χ1v) is 7.62. The van der Waals surface area contributed by atoms with Crippen LogP contribution < -0.4 is 4.74 Å². The quantitative estimate of drug-likeness (QED) is 0.811. The SMILES string of the molecule is CC(C)(C)c1ccc(OC2CCN(CCC(F)F)C2)cc1. The molecule has 1 saturated heterocycles. The number of ether oxygens (including phenoxy) is 1. The predicted octanol–water partition coefficient (Wildman–Crippen LogP) is 4.09. The molecule has 0 saturated carbocycles. The van der Waals surface area contributed by atoms with Gasteiger partial charge in [-0.25, -0.2) is 8.78 Å². The van der Waals surface area contributed by atoms with Crippen molar-refractivity contribution in [1.82, 2.24) is 4.90 Å². The van der Waals surface area contributed by atoms with Gasteiger partial charge in [0.2, 0.25) is 6.43 Å².